The Kier molecular flexibility index (Phi) is 2.46. The maximum absolute atomic E-state index is 11.4. The second kappa shape index (κ2) is 3.13. The quantitative estimate of drug-likeness (QED) is 0.710. The molecule has 0 unspecified atom stereocenters. The van der Waals surface area contributed by atoms with E-state index in [0.717, 1.165) is 0 Å². The predicted molar refractivity (Wildman–Crippen MR) is 48.3 cm³/mol. The number of hydrogen-bond donors (Lipinski definition) is 1. The standard InChI is InChI=1S/C10H16O3/c1-6-8(11)4-7(5-9(12)13)10(6,2)3/h6-7H,4-5H2,1-3H3,(H,12,13)/t6-,7+/m0/s1. The van der Waals surface area contributed by atoms with E-state index >= 15 is 0 Å². The number of carboxylic acids is 1. The molecule has 2 atom stereocenters. The zero-order chi connectivity index (χ0) is 10.2. The Morgan fingerprint density at radius 3 is 2.46 bits per heavy atom. The summed E-state index contributed by atoms with van der Waals surface area (Å²) in [6.45, 7) is 5.86. The van der Waals surface area contributed by atoms with Gasteiger partial charge in [-0.25, -0.2) is 0 Å². The zero-order valence-corrected chi connectivity index (χ0v) is 8.33. The molecule has 74 valence electrons. The molecule has 0 aliphatic heterocycles. The van der Waals surface area contributed by atoms with Crippen LogP contribution in [0.3, 0.4) is 0 Å². The molecule has 0 aromatic heterocycles. The van der Waals surface area contributed by atoms with Crippen LogP contribution in [0.15, 0.2) is 0 Å². The van der Waals surface area contributed by atoms with Gasteiger partial charge in [0.2, 0.25) is 0 Å². The summed E-state index contributed by atoms with van der Waals surface area (Å²) >= 11 is 0. The number of aliphatic carboxylic acids is 1. The lowest BCUT2D eigenvalue weighted by Gasteiger charge is -2.28. The van der Waals surface area contributed by atoms with Crippen molar-refractivity contribution in [1.29, 1.82) is 0 Å². The van der Waals surface area contributed by atoms with Crippen molar-refractivity contribution in [1.82, 2.24) is 0 Å². The largest absolute Gasteiger partial charge is 0.481 e. The number of carbonyl (C=O) groups excluding carboxylic acids is 1. The van der Waals surface area contributed by atoms with Gasteiger partial charge in [-0.1, -0.05) is 20.8 Å². The fourth-order valence-corrected chi connectivity index (χ4v) is 2.00. The van der Waals surface area contributed by atoms with Crippen LogP contribution in [0.1, 0.15) is 33.6 Å². The molecule has 0 saturated heterocycles. The van der Waals surface area contributed by atoms with Crippen LogP contribution in [0.2, 0.25) is 0 Å². The summed E-state index contributed by atoms with van der Waals surface area (Å²) in [5.41, 5.74) is -0.157. The first-order chi connectivity index (χ1) is 5.85. The van der Waals surface area contributed by atoms with E-state index in [4.69, 9.17) is 5.11 Å². The Morgan fingerprint density at radius 1 is 1.62 bits per heavy atom. The average Bonchev–Trinajstić information content (AvgIpc) is 2.15. The Balaban J connectivity index is 2.78. The van der Waals surface area contributed by atoms with Crippen molar-refractivity contribution < 1.29 is 14.7 Å². The fraction of sp³-hybridized carbons (Fsp3) is 0.800. The van der Waals surface area contributed by atoms with Crippen LogP contribution in [-0.4, -0.2) is 16.9 Å². The second-order valence-corrected chi connectivity index (χ2v) is 4.51. The first-order valence-electron chi connectivity index (χ1n) is 4.60. The van der Waals surface area contributed by atoms with Crippen molar-refractivity contribution in [2.24, 2.45) is 17.3 Å². The molecule has 0 radical (unpaired) electrons. The van der Waals surface area contributed by atoms with Gasteiger partial charge < -0.3 is 5.11 Å². The minimum Gasteiger partial charge on any atom is -0.481 e. The molecular weight excluding hydrogens is 168 g/mol. The first-order valence-corrected chi connectivity index (χ1v) is 4.60. The number of Topliss-reactive ketones (excluding diaryl/α,β-unsaturated/α-hetero) is 1. The third-order valence-electron chi connectivity index (χ3n) is 3.52. The second-order valence-electron chi connectivity index (χ2n) is 4.51. The van der Waals surface area contributed by atoms with Crippen molar-refractivity contribution in [3.05, 3.63) is 0 Å². The summed E-state index contributed by atoms with van der Waals surface area (Å²) in [6.07, 6.45) is 0.545. The molecule has 3 nitrogen and oxygen atoms in total. The summed E-state index contributed by atoms with van der Waals surface area (Å²) in [7, 11) is 0. The molecule has 1 saturated carbocycles. The van der Waals surface area contributed by atoms with Crippen LogP contribution >= 0.6 is 0 Å². The van der Waals surface area contributed by atoms with E-state index in [1.54, 1.807) is 0 Å². The summed E-state index contributed by atoms with van der Waals surface area (Å²) in [5, 5.41) is 8.67. The topological polar surface area (TPSA) is 54.4 Å². The fourth-order valence-electron chi connectivity index (χ4n) is 2.00. The minimum atomic E-state index is -0.806. The molecule has 1 fully saturated rings. The molecule has 0 amide bonds. The summed E-state index contributed by atoms with van der Waals surface area (Å²) in [4.78, 5) is 21.9. The highest BCUT2D eigenvalue weighted by atomic mass is 16.4. The van der Waals surface area contributed by atoms with Crippen molar-refractivity contribution in [3.8, 4) is 0 Å². The molecule has 13 heavy (non-hydrogen) atoms. The number of hydrogen-bond acceptors (Lipinski definition) is 2. The van der Waals surface area contributed by atoms with Crippen LogP contribution in [-0.2, 0) is 9.59 Å². The minimum absolute atomic E-state index is 0.00292. The molecule has 0 bridgehead atoms. The first kappa shape index (κ1) is 10.2. The van der Waals surface area contributed by atoms with Crippen LogP contribution in [0.4, 0.5) is 0 Å². The lowest BCUT2D eigenvalue weighted by molar-refractivity contribution is -0.139. The summed E-state index contributed by atoms with van der Waals surface area (Å²) in [5.74, 6) is -0.597. The Hall–Kier alpha value is -0.860. The Bertz CT molecular complexity index is 241. The highest BCUT2D eigenvalue weighted by molar-refractivity contribution is 5.85. The summed E-state index contributed by atoms with van der Waals surface area (Å²) in [6, 6.07) is 0. The van der Waals surface area contributed by atoms with Crippen molar-refractivity contribution in [3.63, 3.8) is 0 Å². The van der Waals surface area contributed by atoms with E-state index in [0.29, 0.717) is 6.42 Å². The van der Waals surface area contributed by atoms with E-state index in [9.17, 15) is 9.59 Å². The highest BCUT2D eigenvalue weighted by Crippen LogP contribution is 2.46. The monoisotopic (exact) mass is 184 g/mol. The van der Waals surface area contributed by atoms with Crippen LogP contribution < -0.4 is 0 Å². The van der Waals surface area contributed by atoms with Gasteiger partial charge in [-0.3, -0.25) is 9.59 Å². The van der Waals surface area contributed by atoms with Gasteiger partial charge in [-0.15, -0.1) is 0 Å². The average molecular weight is 184 g/mol. The van der Waals surface area contributed by atoms with E-state index < -0.39 is 5.97 Å². The zero-order valence-electron chi connectivity index (χ0n) is 8.33. The molecule has 1 N–H and O–H groups in total. The smallest absolute Gasteiger partial charge is 0.303 e. The maximum Gasteiger partial charge on any atom is 0.303 e. The molecule has 1 aliphatic rings. The SMILES string of the molecule is C[C@H]1C(=O)C[C@H](CC(=O)O)C1(C)C. The van der Waals surface area contributed by atoms with Gasteiger partial charge in [-0.05, 0) is 11.3 Å². The van der Waals surface area contributed by atoms with Crippen LogP contribution in [0.5, 0.6) is 0 Å². The van der Waals surface area contributed by atoms with E-state index in [-0.39, 0.29) is 29.5 Å². The van der Waals surface area contributed by atoms with Crippen molar-refractivity contribution in [2.75, 3.05) is 0 Å². The van der Waals surface area contributed by atoms with Gasteiger partial charge in [-0.2, -0.15) is 0 Å². The van der Waals surface area contributed by atoms with Crippen LogP contribution in [0.25, 0.3) is 0 Å². The molecule has 3 heteroatoms. The lowest BCUT2D eigenvalue weighted by atomic mass is 9.75. The van der Waals surface area contributed by atoms with Crippen molar-refractivity contribution >= 4 is 11.8 Å². The van der Waals surface area contributed by atoms with Crippen molar-refractivity contribution in [2.45, 2.75) is 33.6 Å². The van der Waals surface area contributed by atoms with Gasteiger partial charge in [0, 0.05) is 18.8 Å². The summed E-state index contributed by atoms with van der Waals surface area (Å²) < 4.78 is 0. The van der Waals surface area contributed by atoms with E-state index in [2.05, 4.69) is 0 Å². The van der Waals surface area contributed by atoms with Gasteiger partial charge >= 0.3 is 5.97 Å². The maximum atomic E-state index is 11.4. The predicted octanol–water partition coefficient (Wildman–Crippen LogP) is 1.71. The van der Waals surface area contributed by atoms with Gasteiger partial charge in [0.1, 0.15) is 5.78 Å². The lowest BCUT2D eigenvalue weighted by Crippen LogP contribution is -2.26. The normalized spacial score (nSPS) is 32.1. The molecule has 0 aromatic rings. The van der Waals surface area contributed by atoms with E-state index in [1.165, 1.54) is 0 Å². The van der Waals surface area contributed by atoms with E-state index in [1.807, 2.05) is 20.8 Å². The third-order valence-corrected chi connectivity index (χ3v) is 3.52. The molecular formula is C10H16O3. The molecule has 0 heterocycles. The molecule has 0 spiro atoms. The highest BCUT2D eigenvalue weighted by Gasteiger charge is 2.46. The van der Waals surface area contributed by atoms with Gasteiger partial charge in [0.25, 0.3) is 0 Å². The van der Waals surface area contributed by atoms with Crippen LogP contribution in [0, 0.1) is 17.3 Å². The molecule has 0 aromatic carbocycles. The third kappa shape index (κ3) is 1.74. The van der Waals surface area contributed by atoms with Gasteiger partial charge in [0.15, 0.2) is 0 Å². The molecule has 1 rings (SSSR count). The van der Waals surface area contributed by atoms with Gasteiger partial charge in [0.05, 0.1) is 0 Å². The number of carbonyl (C=O) groups is 2. The Morgan fingerprint density at radius 2 is 2.15 bits per heavy atom. The Labute approximate surface area is 78.1 Å². The molecule has 1 aliphatic carbocycles. The number of carboxylic acid groups (broad SMARTS) is 1. The number of rotatable bonds is 2. The number of ketones is 1.